The van der Waals surface area contributed by atoms with Crippen molar-refractivity contribution < 1.29 is 47.2 Å². The molecule has 9 rings (SSSR count). The highest BCUT2D eigenvalue weighted by atomic mass is 19.1. The number of piperidine rings is 1. The molecule has 3 amide bonds. The lowest BCUT2D eigenvalue weighted by atomic mass is 9.82. The Morgan fingerprint density at radius 3 is 2.46 bits per heavy atom. The van der Waals surface area contributed by atoms with Gasteiger partial charge in [0.15, 0.2) is 28.7 Å². The van der Waals surface area contributed by atoms with Crippen LogP contribution >= 0.6 is 0 Å². The summed E-state index contributed by atoms with van der Waals surface area (Å²) in [6.45, 7) is 5.03. The van der Waals surface area contributed by atoms with E-state index >= 15 is 0 Å². The number of fused-ring (bicyclic) bond motifs is 2. The quantitative estimate of drug-likeness (QED) is 0.130. The predicted molar refractivity (Wildman–Crippen MR) is 228 cm³/mol. The molecular weight excluding hydrogens is 814 g/mol. The van der Waals surface area contributed by atoms with Crippen LogP contribution in [-0.2, 0) is 16.0 Å². The summed E-state index contributed by atoms with van der Waals surface area (Å²) in [6.07, 6.45) is 5.61. The highest BCUT2D eigenvalue weighted by Crippen LogP contribution is 2.48. The van der Waals surface area contributed by atoms with Gasteiger partial charge < -0.3 is 43.6 Å². The second-order valence-electron chi connectivity index (χ2n) is 16.8. The summed E-state index contributed by atoms with van der Waals surface area (Å²) in [5, 5.41) is 9.22. The first-order valence-electron chi connectivity index (χ1n) is 21.0. The highest BCUT2D eigenvalue weighted by Gasteiger charge is 2.43. The summed E-state index contributed by atoms with van der Waals surface area (Å²) in [5.74, 6) is 2.50. The van der Waals surface area contributed by atoms with Crippen LogP contribution in [0.2, 0.25) is 0 Å². The second-order valence-corrected chi connectivity index (χ2v) is 16.8. The van der Waals surface area contributed by atoms with Crippen molar-refractivity contribution in [2.45, 2.75) is 64.5 Å². The minimum atomic E-state index is -1.07. The Morgan fingerprint density at radius 2 is 1.71 bits per heavy atom. The molecule has 5 aromatic rings. The van der Waals surface area contributed by atoms with Gasteiger partial charge in [0, 0.05) is 37.7 Å². The Labute approximate surface area is 362 Å². The summed E-state index contributed by atoms with van der Waals surface area (Å²) in [4.78, 5) is 55.7. The van der Waals surface area contributed by atoms with E-state index in [1.165, 1.54) is 24.7 Å². The van der Waals surface area contributed by atoms with E-state index in [1.54, 1.807) is 42.3 Å². The monoisotopic (exact) mass is 861 g/mol. The molecule has 16 nitrogen and oxygen atoms in total. The first kappa shape index (κ1) is 41.4. The van der Waals surface area contributed by atoms with Gasteiger partial charge in [-0.3, -0.25) is 9.59 Å². The van der Waals surface area contributed by atoms with Crippen molar-refractivity contribution in [3.8, 4) is 45.8 Å². The van der Waals surface area contributed by atoms with Crippen LogP contribution in [0.5, 0.6) is 34.5 Å². The van der Waals surface area contributed by atoms with E-state index in [0.717, 1.165) is 24.1 Å². The van der Waals surface area contributed by atoms with E-state index in [1.807, 2.05) is 38.1 Å². The van der Waals surface area contributed by atoms with Crippen molar-refractivity contribution in [2.24, 2.45) is 16.4 Å². The molecule has 0 unspecified atom stereocenters. The van der Waals surface area contributed by atoms with Crippen LogP contribution in [0, 0.1) is 17.2 Å². The number of likely N-dealkylation sites (tertiary alicyclic amines) is 1. The average molecular weight is 862 g/mol. The van der Waals surface area contributed by atoms with Gasteiger partial charge in [0.25, 0.3) is 0 Å². The number of rotatable bonds is 13. The Kier molecular flexibility index (Phi) is 11.2. The second kappa shape index (κ2) is 17.1. The highest BCUT2D eigenvalue weighted by molar-refractivity contribution is 6.06. The van der Waals surface area contributed by atoms with E-state index in [9.17, 15) is 18.8 Å². The van der Waals surface area contributed by atoms with Gasteiger partial charge in [0.2, 0.25) is 18.6 Å². The fraction of sp³-hybridized carbons (Fsp3) is 0.391. The molecule has 5 heterocycles. The number of hydrogen-bond donors (Lipinski definition) is 2. The summed E-state index contributed by atoms with van der Waals surface area (Å²) in [5.41, 5.74) is 3.31. The predicted octanol–water partition coefficient (Wildman–Crippen LogP) is 6.65. The lowest BCUT2D eigenvalue weighted by molar-refractivity contribution is -0.145. The topological polar surface area (TPSA) is 179 Å². The lowest BCUT2D eigenvalue weighted by Gasteiger charge is -2.42. The largest absolute Gasteiger partial charge is 0.493 e. The van der Waals surface area contributed by atoms with Crippen molar-refractivity contribution in [1.82, 2.24) is 30.2 Å². The number of ether oxygens (including phenoxy) is 6. The van der Waals surface area contributed by atoms with Crippen LogP contribution in [0.4, 0.5) is 9.18 Å². The number of benzene rings is 3. The molecule has 328 valence electrons. The summed E-state index contributed by atoms with van der Waals surface area (Å²) in [7, 11) is 3.14. The maximum Gasteiger partial charge on any atom is 0.413 e. The molecule has 0 spiro atoms. The number of amides is 3. The molecule has 63 heavy (non-hydrogen) atoms. The maximum atomic E-state index is 14.3. The van der Waals surface area contributed by atoms with Gasteiger partial charge in [-0.05, 0) is 79.6 Å². The van der Waals surface area contributed by atoms with Crippen molar-refractivity contribution in [3.05, 3.63) is 84.1 Å². The molecule has 1 saturated carbocycles. The van der Waals surface area contributed by atoms with Crippen molar-refractivity contribution in [2.75, 3.05) is 40.7 Å². The molecule has 17 heteroatoms. The van der Waals surface area contributed by atoms with Crippen LogP contribution in [0.25, 0.3) is 22.3 Å². The molecule has 3 aromatic carbocycles. The number of nitrogens with zero attached hydrogens (tertiary/aromatic N) is 5. The van der Waals surface area contributed by atoms with Crippen molar-refractivity contribution in [1.29, 1.82) is 0 Å². The fourth-order valence-corrected chi connectivity index (χ4v) is 8.29. The molecule has 1 atom stereocenters. The molecule has 2 aromatic heterocycles. The minimum absolute atomic E-state index is 0.0469. The Bertz CT molecular complexity index is 2580. The average Bonchev–Trinajstić information content (AvgIpc) is 3.85. The number of hydrogen-bond acceptors (Lipinski definition) is 12. The van der Waals surface area contributed by atoms with Gasteiger partial charge >= 0.3 is 6.09 Å². The third-order valence-electron chi connectivity index (χ3n) is 11.9. The summed E-state index contributed by atoms with van der Waals surface area (Å²) >= 11 is 0. The van der Waals surface area contributed by atoms with E-state index in [4.69, 9.17) is 33.5 Å². The van der Waals surface area contributed by atoms with Gasteiger partial charge in [0.1, 0.15) is 35.1 Å². The van der Waals surface area contributed by atoms with Crippen LogP contribution in [0.15, 0.2) is 72.2 Å². The molecule has 1 aliphatic carbocycles. The Balaban J connectivity index is 0.919. The molecule has 0 radical (unpaired) electrons. The first-order chi connectivity index (χ1) is 30.5. The first-order valence-corrected chi connectivity index (χ1v) is 21.0. The zero-order chi connectivity index (χ0) is 43.8. The smallest absolute Gasteiger partial charge is 0.413 e. The number of carbonyl (C=O) groups excluding carboxylic acids is 3. The third kappa shape index (κ3) is 8.51. The van der Waals surface area contributed by atoms with Crippen LogP contribution in [0.1, 0.15) is 57.1 Å². The number of halogens is 1. The van der Waals surface area contributed by atoms with Crippen LogP contribution < -0.4 is 33.7 Å². The number of aromatic amines is 1. The number of H-pyrrole nitrogens is 1. The Morgan fingerprint density at radius 1 is 0.952 bits per heavy atom. The molecule has 1 saturated heterocycles. The molecule has 2 fully saturated rings. The SMILES string of the molecule is COc1ccc(C2=NN(C3CCN(C(=O)[C@@H](Cc4ccc(F)cc4)NC(=O)Oc4c[nH]c5c(-c6c(OCC7CC7)ccc7c6OCO7)ncnc45)CC3)C(=O)C(C)(C)C2)cc1OC. The molecule has 4 aliphatic rings. The normalized spacial score (nSPS) is 17.6. The summed E-state index contributed by atoms with van der Waals surface area (Å²) < 4.78 is 48.5. The van der Waals surface area contributed by atoms with Crippen molar-refractivity contribution >= 4 is 34.7 Å². The maximum absolute atomic E-state index is 14.3. The van der Waals surface area contributed by atoms with E-state index in [2.05, 4.69) is 20.3 Å². The number of nitrogens with one attached hydrogen (secondary N) is 2. The van der Waals surface area contributed by atoms with Gasteiger partial charge in [-0.1, -0.05) is 26.0 Å². The minimum Gasteiger partial charge on any atom is -0.493 e. The third-order valence-corrected chi connectivity index (χ3v) is 11.9. The standard InChI is InChI=1S/C46H48FN7O9/c1-46(2)21-32(28-9-12-33(58-3)36(20-28)59-4)52-54(44(46)56)30-15-17-53(18-16-30)43(55)31(19-26-7-10-29(47)11-8-26)51-45(57)63-37-22-48-41-39(37)49-24-50-40(41)38-34(60-23-27-5-6-27)13-14-35-42(38)62-25-61-35/h7-14,20,22,24,27,30-31,48H,5-6,15-19,21,23,25H2,1-4H3,(H,51,57)/t31-/m1/s1. The van der Waals surface area contributed by atoms with E-state index in [0.29, 0.717) is 101 Å². The van der Waals surface area contributed by atoms with Crippen LogP contribution in [-0.4, -0.2) is 101 Å². The van der Waals surface area contributed by atoms with Crippen molar-refractivity contribution in [3.63, 3.8) is 0 Å². The molecule has 0 bridgehead atoms. The summed E-state index contributed by atoms with van der Waals surface area (Å²) in [6, 6.07) is 13.6. The van der Waals surface area contributed by atoms with Gasteiger partial charge in [-0.25, -0.2) is 24.2 Å². The lowest BCUT2D eigenvalue weighted by Crippen LogP contribution is -2.56. The van der Waals surface area contributed by atoms with E-state index in [-0.39, 0.29) is 36.8 Å². The van der Waals surface area contributed by atoms with Gasteiger partial charge in [-0.15, -0.1) is 0 Å². The Hall–Kier alpha value is -6.91. The molecular formula is C46H48FN7O9. The van der Waals surface area contributed by atoms with Gasteiger partial charge in [0.05, 0.1) is 49.1 Å². The zero-order valence-corrected chi connectivity index (χ0v) is 35.4. The number of carbonyl (C=O) groups is 3. The number of aromatic nitrogens is 3. The zero-order valence-electron chi connectivity index (χ0n) is 35.4. The number of hydrazone groups is 1. The molecule has 2 N–H and O–H groups in total. The van der Waals surface area contributed by atoms with E-state index < -0.39 is 23.4 Å². The number of methoxy groups -OCH3 is 2. The van der Waals surface area contributed by atoms with Crippen LogP contribution in [0.3, 0.4) is 0 Å². The van der Waals surface area contributed by atoms with Gasteiger partial charge in [-0.2, -0.15) is 5.10 Å². The molecule has 3 aliphatic heterocycles. The fourth-order valence-electron chi connectivity index (χ4n) is 8.29.